The molecule has 4 aliphatic heterocycles. The van der Waals surface area contributed by atoms with Crippen LogP contribution in [0.3, 0.4) is 0 Å². The lowest BCUT2D eigenvalue weighted by molar-refractivity contribution is -0.154. The second-order valence-electron chi connectivity index (χ2n) is 27.9. The molecule has 15 rings (SSSR count). The number of nitrogens with zero attached hydrogens (tertiary/aromatic N) is 2. The maximum absolute atomic E-state index is 16.4. The number of fused-ring (bicyclic) bond motifs is 2. The molecule has 0 saturated carbocycles. The summed E-state index contributed by atoms with van der Waals surface area (Å²) in [5.41, 5.74) is 3.65. The molecule has 2 saturated heterocycles. The van der Waals surface area contributed by atoms with Crippen molar-refractivity contribution in [2.24, 2.45) is 0 Å². The van der Waals surface area contributed by atoms with Crippen LogP contribution in [0.2, 0.25) is 0 Å². The number of carbonyl (C=O) groups is 8. The van der Waals surface area contributed by atoms with Gasteiger partial charge in [0, 0.05) is 52.8 Å². The summed E-state index contributed by atoms with van der Waals surface area (Å²) < 4.78 is 61.8. The number of thiophene rings is 2. The van der Waals surface area contributed by atoms with Crippen molar-refractivity contribution in [1.29, 1.82) is 0 Å². The highest BCUT2D eigenvalue weighted by Crippen LogP contribution is 2.59. The van der Waals surface area contributed by atoms with E-state index in [0.717, 1.165) is 54.7 Å². The van der Waals surface area contributed by atoms with Crippen LogP contribution in [0.4, 0.5) is 0 Å². The third-order valence-corrected chi connectivity index (χ3v) is 21.3. The molecule has 106 heavy (non-hydrogen) atoms. The molecular weight excluding hydrogens is 1390 g/mol. The number of hydrogen-bond acceptors (Lipinski definition) is 20. The Balaban J connectivity index is 1.03. The molecule has 22 heteroatoms. The average molecular weight is 1460 g/mol. The third kappa shape index (κ3) is 13.8. The van der Waals surface area contributed by atoms with E-state index in [-0.39, 0.29) is 160 Å². The lowest BCUT2D eigenvalue weighted by Crippen LogP contribution is -2.46. The van der Waals surface area contributed by atoms with Crippen LogP contribution in [-0.4, -0.2) is 109 Å². The van der Waals surface area contributed by atoms with Crippen molar-refractivity contribution in [1.82, 2.24) is 9.80 Å². The number of hydrogen-bond donors (Lipinski definition) is 0. The van der Waals surface area contributed by atoms with Gasteiger partial charge in [0.05, 0.1) is 48.3 Å². The number of rotatable bonds is 28. The first-order chi connectivity index (χ1) is 51.2. The fourth-order valence-electron chi connectivity index (χ4n) is 13.6. The minimum atomic E-state index is -1.69. The van der Waals surface area contributed by atoms with Crippen LogP contribution in [0.25, 0.3) is 43.1 Å². The fourth-order valence-corrected chi connectivity index (χ4v) is 15.2. The second kappa shape index (κ2) is 29.1. The fraction of sp³-hybridized carbons (Fsp3) is 0.286. The lowest BCUT2D eigenvalue weighted by atomic mass is 9.80. The molecular formula is C84H74N2O18S2. The molecule has 0 N–H and O–H groups in total. The van der Waals surface area contributed by atoms with Gasteiger partial charge in [-0.3, -0.25) is 38.6 Å². The molecule has 11 aromatic rings. The van der Waals surface area contributed by atoms with Gasteiger partial charge in [-0.25, -0.2) is 9.59 Å². The Morgan fingerprint density at radius 3 is 0.896 bits per heavy atom. The maximum Gasteiger partial charge on any atom is 0.334 e. The van der Waals surface area contributed by atoms with Gasteiger partial charge in [-0.2, -0.15) is 0 Å². The maximum atomic E-state index is 16.4. The van der Waals surface area contributed by atoms with E-state index in [1.165, 1.54) is 24.3 Å². The van der Waals surface area contributed by atoms with Crippen molar-refractivity contribution < 1.29 is 85.7 Å². The Labute approximate surface area is 617 Å². The van der Waals surface area contributed by atoms with Gasteiger partial charge in [0.15, 0.2) is 12.1 Å². The third-order valence-electron chi connectivity index (χ3n) is 19.4. The van der Waals surface area contributed by atoms with E-state index in [4.69, 9.17) is 47.4 Å². The molecule has 4 unspecified atom stereocenters. The average Bonchev–Trinajstić information content (AvgIpc) is 0.946. The quantitative estimate of drug-likeness (QED) is 0.0110. The van der Waals surface area contributed by atoms with Crippen LogP contribution < -0.4 is 18.9 Å². The van der Waals surface area contributed by atoms with Gasteiger partial charge in [0.25, 0.3) is 23.6 Å². The number of benzene rings is 9. The van der Waals surface area contributed by atoms with Crippen molar-refractivity contribution in [2.75, 3.05) is 39.6 Å². The van der Waals surface area contributed by atoms with E-state index < -0.39 is 72.8 Å². The Kier molecular flexibility index (Phi) is 19.4. The summed E-state index contributed by atoms with van der Waals surface area (Å²) in [6.07, 6.45) is -1.06. The standard InChI is InChI=1S/C84H74N2O18S2/c1-43(2)47-13-21-51(22-14-47)101-61-35-57-69-58(80(90)85(79(57)89)77(65-11-9-33-105-65)83(93)95-31-29-67(87)99-41-55-39-97-55)37-63(103-53-25-17-49(18-26-53)45(5)6)73-74-64(104-54-27-19-50(20-28-54)46(7)8)38-60-70-59(36-62(72(76(70)74)71(61)75(69)73)102-52-23-15-48(16-24-52)44(3)4)81(91)86(82(60)92)78(66-12-10-34-106-66)84(94)96-32-30-68(88)100-42-56-40-98-56/h9-28,33-38,43-46,55-56,77-78H,29-32,39-42H2,1-8H3. The summed E-state index contributed by atoms with van der Waals surface area (Å²) in [7, 11) is 0. The lowest BCUT2D eigenvalue weighted by Gasteiger charge is -2.35. The normalized spacial score (nSPS) is 15.9. The van der Waals surface area contributed by atoms with Gasteiger partial charge >= 0.3 is 23.9 Å². The smallest absolute Gasteiger partial charge is 0.334 e. The van der Waals surface area contributed by atoms with Crippen LogP contribution in [0.1, 0.15) is 177 Å². The van der Waals surface area contributed by atoms with Crippen LogP contribution in [-0.2, 0) is 47.6 Å². The van der Waals surface area contributed by atoms with Crippen molar-refractivity contribution in [3.63, 3.8) is 0 Å². The summed E-state index contributed by atoms with van der Waals surface area (Å²) >= 11 is 2.24. The molecule has 0 aliphatic carbocycles. The van der Waals surface area contributed by atoms with E-state index in [1.54, 1.807) is 83.6 Å². The molecule has 2 fully saturated rings. The summed E-state index contributed by atoms with van der Waals surface area (Å²) in [5, 5.41) is 5.00. The summed E-state index contributed by atoms with van der Waals surface area (Å²) in [6, 6.07) is 39.1. The molecule has 0 spiro atoms. The summed E-state index contributed by atoms with van der Waals surface area (Å²) in [5.74, 6) is -5.09. The zero-order valence-electron chi connectivity index (χ0n) is 59.3. The SMILES string of the molecule is CC(C)c1ccc(Oc2cc3c4c(cc(Oc5ccc(C(C)C)cc5)c5c6c(Oc7ccc(C(C)C)cc7)cc7c8c(cc(Oc9ccc(C(C)C)cc9)c(c2c45)c86)C(=O)N(C(C(=O)OCCC(=O)OCC2CO2)c2cccs2)C7=O)C(=O)N(C(C(=O)OCCC(=O)OCC2CO2)c2cccs2)C3=O)cc1. The second-order valence-corrected chi connectivity index (χ2v) is 29.9. The molecule has 2 aromatic heterocycles. The van der Waals surface area contributed by atoms with Crippen LogP contribution >= 0.6 is 22.7 Å². The molecule has 20 nitrogen and oxygen atoms in total. The number of carbonyl (C=O) groups excluding carboxylic acids is 8. The Morgan fingerprint density at radius 1 is 0.387 bits per heavy atom. The minimum Gasteiger partial charge on any atom is -0.463 e. The Hall–Kier alpha value is -11.0. The van der Waals surface area contributed by atoms with Crippen LogP contribution in [0.5, 0.6) is 46.0 Å². The first kappa shape index (κ1) is 70.6. The highest BCUT2D eigenvalue weighted by atomic mass is 32.1. The summed E-state index contributed by atoms with van der Waals surface area (Å²) in [4.78, 5) is 124. The number of esters is 4. The number of ether oxygens (including phenoxy) is 10. The van der Waals surface area contributed by atoms with Gasteiger partial charge < -0.3 is 47.4 Å². The van der Waals surface area contributed by atoms with Crippen molar-refractivity contribution in [3.05, 3.63) is 211 Å². The van der Waals surface area contributed by atoms with E-state index >= 15 is 19.2 Å². The topological polar surface area (TPSA) is 242 Å². The summed E-state index contributed by atoms with van der Waals surface area (Å²) in [6.45, 7) is 16.6. The largest absolute Gasteiger partial charge is 0.463 e. The highest BCUT2D eigenvalue weighted by Gasteiger charge is 2.48. The zero-order chi connectivity index (χ0) is 73.9. The Bertz CT molecular complexity index is 4710. The van der Waals surface area contributed by atoms with Crippen molar-refractivity contribution in [3.8, 4) is 46.0 Å². The molecule has 540 valence electrons. The monoisotopic (exact) mass is 1460 g/mol. The number of amides is 4. The van der Waals surface area contributed by atoms with Crippen LogP contribution in [0, 0.1) is 0 Å². The predicted molar refractivity (Wildman–Crippen MR) is 398 cm³/mol. The van der Waals surface area contributed by atoms with E-state index in [0.29, 0.717) is 36.2 Å². The Morgan fingerprint density at radius 2 is 0.660 bits per heavy atom. The molecule has 6 heterocycles. The van der Waals surface area contributed by atoms with Gasteiger partial charge in [0.2, 0.25) is 0 Å². The van der Waals surface area contributed by atoms with E-state index in [2.05, 4.69) is 55.4 Å². The first-order valence-corrected chi connectivity index (χ1v) is 37.1. The molecule has 9 aromatic carbocycles. The van der Waals surface area contributed by atoms with E-state index in [9.17, 15) is 19.2 Å². The first-order valence-electron chi connectivity index (χ1n) is 35.4. The van der Waals surface area contributed by atoms with Crippen molar-refractivity contribution in [2.45, 2.75) is 116 Å². The highest BCUT2D eigenvalue weighted by molar-refractivity contribution is 7.10. The molecule has 0 radical (unpaired) electrons. The van der Waals surface area contributed by atoms with Crippen molar-refractivity contribution >= 4 is 113 Å². The van der Waals surface area contributed by atoms with Crippen LogP contribution in [0.15, 0.2) is 156 Å². The number of imide groups is 2. The molecule has 4 atom stereocenters. The molecule has 0 bridgehead atoms. The van der Waals surface area contributed by atoms with Gasteiger partial charge in [-0.15, -0.1) is 22.7 Å². The van der Waals surface area contributed by atoms with Gasteiger partial charge in [0.1, 0.15) is 84.6 Å². The molecule has 4 aliphatic rings. The minimum absolute atomic E-state index is 0.0249. The predicted octanol–water partition coefficient (Wildman–Crippen LogP) is 17.9. The molecule has 4 amide bonds. The van der Waals surface area contributed by atoms with E-state index in [1.807, 2.05) is 48.5 Å². The van der Waals surface area contributed by atoms with Gasteiger partial charge in [-0.05, 0) is 142 Å². The van der Waals surface area contributed by atoms with Gasteiger partial charge in [-0.1, -0.05) is 116 Å². The number of epoxide rings is 2. The zero-order valence-corrected chi connectivity index (χ0v) is 61.0.